The van der Waals surface area contributed by atoms with E-state index in [0.717, 1.165) is 24.8 Å². The first-order chi connectivity index (χ1) is 26.4. The van der Waals surface area contributed by atoms with Crippen molar-refractivity contribution in [1.29, 1.82) is 0 Å². The van der Waals surface area contributed by atoms with E-state index in [1.54, 1.807) is 23.6 Å². The first kappa shape index (κ1) is 45.8. The molecule has 5 N–H and O–H groups in total. The largest absolute Gasteiger partial charge is 0.481 e. The highest BCUT2D eigenvalue weighted by molar-refractivity contribution is 7.09. The zero-order valence-corrected chi connectivity index (χ0v) is 34.3. The van der Waals surface area contributed by atoms with Gasteiger partial charge in [-0.05, 0) is 60.8 Å². The summed E-state index contributed by atoms with van der Waals surface area (Å²) in [5.41, 5.74) is 6.89. The molecule has 1 unspecified atom stereocenters. The van der Waals surface area contributed by atoms with Gasteiger partial charge >= 0.3 is 12.1 Å². The first-order valence-electron chi connectivity index (χ1n) is 19.8. The highest BCUT2D eigenvalue weighted by atomic mass is 32.1. The smallest absolute Gasteiger partial charge is 0.412 e. The highest BCUT2D eigenvalue weighted by Crippen LogP contribution is 2.35. The second kappa shape index (κ2) is 24.1. The molecule has 0 radical (unpaired) electrons. The summed E-state index contributed by atoms with van der Waals surface area (Å²) < 4.78 is 22.4. The summed E-state index contributed by atoms with van der Waals surface area (Å²) in [4.78, 5) is 58.6. The molecule has 0 saturated heterocycles. The number of carboxylic acid groups (broad SMARTS) is 1. The molecule has 1 heterocycles. The number of aromatic nitrogens is 1. The Labute approximate surface area is 330 Å². The van der Waals surface area contributed by atoms with Crippen LogP contribution in [0.1, 0.15) is 119 Å². The lowest BCUT2D eigenvalue weighted by molar-refractivity contribution is -0.139. The maximum Gasteiger partial charge on any atom is 0.412 e. The molecule has 0 fully saturated rings. The predicted molar refractivity (Wildman–Crippen MR) is 212 cm³/mol. The zero-order valence-electron chi connectivity index (χ0n) is 33.5. The number of nitrogens with zero attached hydrogens (tertiary/aromatic N) is 2. The van der Waals surface area contributed by atoms with Crippen molar-refractivity contribution < 1.29 is 43.2 Å². The van der Waals surface area contributed by atoms with Gasteiger partial charge in [0.15, 0.2) is 0 Å². The van der Waals surface area contributed by atoms with E-state index in [-0.39, 0.29) is 48.9 Å². The Hall–Kier alpha value is -3.63. The summed E-state index contributed by atoms with van der Waals surface area (Å²) >= 11 is 1.35. The van der Waals surface area contributed by atoms with Gasteiger partial charge in [-0.2, -0.15) is 0 Å². The lowest BCUT2D eigenvalue weighted by Gasteiger charge is -2.37. The average molecular weight is 790 g/mol. The predicted octanol–water partition coefficient (Wildman–Crippen LogP) is 5.69. The summed E-state index contributed by atoms with van der Waals surface area (Å²) in [5.74, 6) is -1.50. The minimum Gasteiger partial charge on any atom is -0.481 e. The molecule has 3 amide bonds. The van der Waals surface area contributed by atoms with Crippen LogP contribution >= 0.6 is 11.3 Å². The number of rotatable bonds is 25. The third-order valence-electron chi connectivity index (χ3n) is 9.66. The summed E-state index contributed by atoms with van der Waals surface area (Å²) in [5, 5.41) is 18.2. The van der Waals surface area contributed by atoms with E-state index >= 15 is 0 Å². The third kappa shape index (κ3) is 14.8. The van der Waals surface area contributed by atoms with Crippen molar-refractivity contribution in [2.45, 2.75) is 111 Å². The topological polar surface area (TPSA) is 192 Å². The van der Waals surface area contributed by atoms with Gasteiger partial charge in [-0.15, -0.1) is 11.3 Å². The SMILES string of the molecule is CCCO[C@H](CC(C(C)C)N(CCC)C(=O)C[C@@H](C)CC)c1nc(C(=O)N[C@H]2Cc3ccc(OC(=O)NCCOCCOCCN)cc3[C@H](C(=O)O)C2)cs1. The molecule has 1 aromatic carbocycles. The van der Waals surface area contributed by atoms with E-state index < -0.39 is 36.0 Å². The number of carbonyl (C=O) groups is 4. The number of nitrogens with two attached hydrogens (primary N) is 1. The number of thiazole rings is 1. The second-order valence-electron chi connectivity index (χ2n) is 14.5. The van der Waals surface area contributed by atoms with Crippen LogP contribution in [0, 0.1) is 11.8 Å². The van der Waals surface area contributed by atoms with Gasteiger partial charge in [-0.3, -0.25) is 14.4 Å². The Balaban J connectivity index is 1.67. The van der Waals surface area contributed by atoms with Gasteiger partial charge < -0.3 is 45.3 Å². The number of benzene rings is 1. The molecular formula is C40H63N5O9S. The Kier molecular flexibility index (Phi) is 20.1. The maximum atomic E-state index is 13.6. The van der Waals surface area contributed by atoms with Crippen molar-refractivity contribution in [1.82, 2.24) is 20.5 Å². The number of ether oxygens (including phenoxy) is 4. The van der Waals surface area contributed by atoms with Crippen LogP contribution in [0.4, 0.5) is 4.79 Å². The normalized spacial score (nSPS) is 16.9. The van der Waals surface area contributed by atoms with Crippen LogP contribution in [-0.2, 0) is 30.2 Å². The van der Waals surface area contributed by atoms with Crippen molar-refractivity contribution in [2.24, 2.45) is 17.6 Å². The molecule has 0 bridgehead atoms. The van der Waals surface area contributed by atoms with E-state index in [2.05, 4.69) is 45.3 Å². The maximum absolute atomic E-state index is 13.6. The molecule has 14 nitrogen and oxygen atoms in total. The fourth-order valence-electron chi connectivity index (χ4n) is 6.58. The number of aliphatic carboxylic acids is 1. The van der Waals surface area contributed by atoms with Crippen molar-refractivity contribution in [3.05, 3.63) is 45.4 Å². The Morgan fingerprint density at radius 2 is 1.78 bits per heavy atom. The monoisotopic (exact) mass is 789 g/mol. The summed E-state index contributed by atoms with van der Waals surface area (Å²) in [6.45, 7) is 15.9. The number of carbonyl (C=O) groups excluding carboxylic acids is 3. The van der Waals surface area contributed by atoms with Crippen molar-refractivity contribution in [3.8, 4) is 5.75 Å². The first-order valence-corrected chi connectivity index (χ1v) is 20.6. The Morgan fingerprint density at radius 3 is 2.44 bits per heavy atom. The van der Waals surface area contributed by atoms with Crippen LogP contribution in [0.5, 0.6) is 5.75 Å². The molecule has 1 aliphatic carbocycles. The van der Waals surface area contributed by atoms with E-state index in [4.69, 9.17) is 29.7 Å². The standard InChI is InChI=1S/C40H63N5O9S/c1-7-14-45(36(46)20-27(6)9-3)34(26(4)5)24-35(53-15-8-2)38-44-33(25-55-38)37(47)43-29-21-28-10-11-30(23-31(28)32(22-29)39(48)49)54-40(50)42-13-17-52-19-18-51-16-12-41/h10-11,23,25-27,29,32,34-35H,7-9,12-22,24,41H2,1-6H3,(H,42,50)(H,43,47)(H,48,49)/t27-,29-,32+,34?,35+/m0/s1. The lowest BCUT2D eigenvalue weighted by Crippen LogP contribution is -2.45. The molecule has 5 atom stereocenters. The quantitative estimate of drug-likeness (QED) is 0.0904. The molecule has 15 heteroatoms. The molecule has 0 aliphatic heterocycles. The molecule has 3 rings (SSSR count). The van der Waals surface area contributed by atoms with Gasteiger partial charge in [0.05, 0.1) is 32.3 Å². The van der Waals surface area contributed by atoms with Gasteiger partial charge in [0, 0.05) is 56.5 Å². The van der Waals surface area contributed by atoms with Crippen molar-refractivity contribution in [3.63, 3.8) is 0 Å². The number of hydrogen-bond acceptors (Lipinski definition) is 11. The van der Waals surface area contributed by atoms with Gasteiger partial charge in [0.2, 0.25) is 5.91 Å². The van der Waals surface area contributed by atoms with Gasteiger partial charge in [-0.25, -0.2) is 9.78 Å². The molecule has 55 heavy (non-hydrogen) atoms. The average Bonchev–Trinajstić information content (AvgIpc) is 3.65. The molecular weight excluding hydrogens is 727 g/mol. The second-order valence-corrected chi connectivity index (χ2v) is 15.4. The molecule has 1 aliphatic rings. The Morgan fingerprint density at radius 1 is 1.04 bits per heavy atom. The fourth-order valence-corrected chi connectivity index (χ4v) is 7.44. The minimum atomic E-state index is -1.04. The number of carboxylic acids is 1. The van der Waals surface area contributed by atoms with Crippen molar-refractivity contribution >= 4 is 35.2 Å². The van der Waals surface area contributed by atoms with Gasteiger partial charge in [0.1, 0.15) is 22.6 Å². The van der Waals surface area contributed by atoms with Crippen LogP contribution in [0.2, 0.25) is 0 Å². The van der Waals surface area contributed by atoms with Crippen molar-refractivity contribution in [2.75, 3.05) is 52.7 Å². The van der Waals surface area contributed by atoms with Crippen LogP contribution in [-0.4, -0.2) is 104 Å². The summed E-state index contributed by atoms with van der Waals surface area (Å²) in [6, 6.07) is 4.39. The lowest BCUT2D eigenvalue weighted by atomic mass is 9.80. The molecule has 308 valence electrons. The summed E-state index contributed by atoms with van der Waals surface area (Å²) in [7, 11) is 0. The number of amides is 3. The molecule has 0 saturated carbocycles. The molecule has 2 aromatic rings. The van der Waals surface area contributed by atoms with Crippen LogP contribution in [0.15, 0.2) is 23.6 Å². The fraction of sp³-hybridized carbons (Fsp3) is 0.675. The Bertz CT molecular complexity index is 1500. The molecule has 0 spiro atoms. The van der Waals surface area contributed by atoms with Gasteiger partial charge in [0.25, 0.3) is 5.91 Å². The van der Waals surface area contributed by atoms with E-state index in [0.29, 0.717) is 75.3 Å². The van der Waals surface area contributed by atoms with Crippen LogP contribution in [0.25, 0.3) is 0 Å². The van der Waals surface area contributed by atoms with Gasteiger partial charge in [-0.1, -0.05) is 54.0 Å². The number of nitrogens with one attached hydrogen (secondary N) is 2. The van der Waals surface area contributed by atoms with E-state index in [9.17, 15) is 24.3 Å². The van der Waals surface area contributed by atoms with Crippen LogP contribution < -0.4 is 21.1 Å². The minimum absolute atomic E-state index is 0.0627. The molecule has 1 aromatic heterocycles. The third-order valence-corrected chi connectivity index (χ3v) is 10.6. The van der Waals surface area contributed by atoms with Crippen LogP contribution in [0.3, 0.4) is 0 Å². The zero-order chi connectivity index (χ0) is 40.3. The van der Waals surface area contributed by atoms with E-state index in [1.807, 2.05) is 11.8 Å². The number of fused-ring (bicyclic) bond motifs is 1. The highest BCUT2D eigenvalue weighted by Gasteiger charge is 2.35. The number of hydrogen-bond donors (Lipinski definition) is 4. The van der Waals surface area contributed by atoms with E-state index in [1.165, 1.54) is 11.3 Å². The summed E-state index contributed by atoms with van der Waals surface area (Å²) in [6.07, 6.45) is 3.14.